The number of benzene rings is 4. The molecule has 4 aromatic carbocycles. The Morgan fingerprint density at radius 3 is 1.45 bits per heavy atom. The van der Waals surface area contributed by atoms with Crippen molar-refractivity contribution in [2.45, 2.75) is 80.3 Å². The van der Waals surface area contributed by atoms with Gasteiger partial charge in [0, 0.05) is 85.5 Å². The molecule has 4 amide bonds. The zero-order valence-electron chi connectivity index (χ0n) is 30.2. The molecule has 0 atom stereocenters. The van der Waals surface area contributed by atoms with Gasteiger partial charge in [0.15, 0.2) is 0 Å². The fourth-order valence-electron chi connectivity index (χ4n) is 5.37. The van der Waals surface area contributed by atoms with Gasteiger partial charge in [-0.3, -0.25) is 29.0 Å². The molecule has 6 rings (SSSR count). The van der Waals surface area contributed by atoms with Crippen LogP contribution >= 0.6 is 0 Å². The molecule has 0 bridgehead atoms. The quantitative estimate of drug-likeness (QED) is 0.140. The molecule has 0 unspecified atom stereocenters. The Morgan fingerprint density at radius 2 is 0.980 bits per heavy atom. The van der Waals surface area contributed by atoms with Crippen LogP contribution in [0.25, 0.3) is 32.6 Å². The van der Waals surface area contributed by atoms with E-state index in [2.05, 4.69) is 27.7 Å². The van der Waals surface area contributed by atoms with Gasteiger partial charge in [0.2, 0.25) is 0 Å². The fourth-order valence-corrected chi connectivity index (χ4v) is 5.37. The summed E-state index contributed by atoms with van der Waals surface area (Å²) in [5.41, 5.74) is 10.9. The first-order valence-corrected chi connectivity index (χ1v) is 15.4. The number of imide groups is 2. The number of rotatable bonds is 1. The zero-order chi connectivity index (χ0) is 34.5. The Labute approximate surface area is 310 Å². The molecule has 260 valence electrons. The van der Waals surface area contributed by atoms with Crippen LogP contribution in [0.2, 0.25) is 0 Å². The Balaban J connectivity index is 0.000000409. The number of hydrogen-bond acceptors (Lipinski definition) is 4. The number of carbonyl (C=O) groups is 4. The van der Waals surface area contributed by atoms with Crippen LogP contribution in [0.1, 0.15) is 111 Å². The molecule has 0 spiro atoms. The third-order valence-corrected chi connectivity index (χ3v) is 7.12. The van der Waals surface area contributed by atoms with Crippen molar-refractivity contribution >= 4 is 56.5 Å². The Kier molecular flexibility index (Phi) is 13.0. The zero-order valence-corrected chi connectivity index (χ0v) is 40.9. The van der Waals surface area contributed by atoms with Gasteiger partial charge in [-0.1, -0.05) is 84.9 Å². The van der Waals surface area contributed by atoms with Crippen molar-refractivity contribution in [2.75, 3.05) is 7.05 Å². The van der Waals surface area contributed by atoms with Crippen molar-refractivity contribution in [2.24, 2.45) is 5.41 Å². The largest absolute Gasteiger partial charge is 0.698 e. The Morgan fingerprint density at radius 1 is 0.592 bits per heavy atom. The molecule has 1 N–H and O–H groups in total. The fraction of sp³-hybridized carbons (Fsp3) is 0.368. The molecule has 0 saturated heterocycles. The van der Waals surface area contributed by atoms with Gasteiger partial charge in [-0.15, -0.1) is 16.9 Å². The summed E-state index contributed by atoms with van der Waals surface area (Å²) in [5.74, 6) is -1.09. The van der Waals surface area contributed by atoms with Crippen LogP contribution in [-0.4, -0.2) is 51.6 Å². The normalized spacial score (nSPS) is 13.7. The molecule has 2 heterocycles. The van der Waals surface area contributed by atoms with Crippen molar-refractivity contribution < 1.29 is 59.1 Å². The van der Waals surface area contributed by atoms with Crippen LogP contribution in [-0.2, 0) is 39.9 Å². The molecular formula is C38H44N4O4ReRfRh-2. The molecule has 0 aliphatic carbocycles. The van der Waals surface area contributed by atoms with Crippen LogP contribution in [0.15, 0.2) is 60.7 Å². The molecule has 2 aliphatic heterocycles. The smallest absolute Gasteiger partial charge is 0.261 e. The van der Waals surface area contributed by atoms with Gasteiger partial charge >= 0.3 is 0 Å². The van der Waals surface area contributed by atoms with Crippen LogP contribution in [0.5, 0.6) is 0 Å². The standard InChI is InChI=1S/C17H18N2O2.C16H16N2O2.C5H12.Re.Rf.Rh/c1-17(2,3)18-13-9-8-12-14-10(13)6-5-7-11(14)15(20)19(4)16(12)21;1-16(2,3)18-14(19)10-6-4-5-9-12(17)8-7-11(13(9)10)15(18)20;1-5(2,3)4;;;/h5-9H,1-4H3,(H,18,20,21);4-8H,1-3H3,(H2,17,19,20);1-4H3;;;/p-2. The van der Waals surface area contributed by atoms with E-state index in [0.717, 1.165) is 21.4 Å². The van der Waals surface area contributed by atoms with Gasteiger partial charge in [-0.25, -0.2) is 0 Å². The molecule has 49 heavy (non-hydrogen) atoms. The summed E-state index contributed by atoms with van der Waals surface area (Å²) in [7, 11) is 1.51. The van der Waals surface area contributed by atoms with E-state index in [-0.39, 0.29) is 69.1 Å². The average molecular weight is 1180 g/mol. The molecule has 4 aromatic rings. The van der Waals surface area contributed by atoms with E-state index in [1.165, 1.54) is 11.9 Å². The molecule has 11 heteroatoms. The summed E-state index contributed by atoms with van der Waals surface area (Å²) < 4.78 is 0. The SMILES string of the molecule is CC(C)(C)C.CC(C)(C)N1C(=O)c2cccc3c([NH-])ccc(c23)C1=O.CN1C(=O)c2cccc3c([N-]C(C)(C)C)ccc(c23)C1=O.[Re].[Rf].[Rh]. The van der Waals surface area contributed by atoms with E-state index < -0.39 is 5.54 Å². The van der Waals surface area contributed by atoms with Gasteiger partial charge in [0.25, 0.3) is 23.6 Å². The van der Waals surface area contributed by atoms with Crippen molar-refractivity contribution in [3.63, 3.8) is 0 Å². The maximum absolute atomic E-state index is 12.6. The van der Waals surface area contributed by atoms with E-state index in [0.29, 0.717) is 44.1 Å². The first kappa shape index (κ1) is 42.6. The van der Waals surface area contributed by atoms with Gasteiger partial charge in [-0.2, -0.15) is 0 Å². The molecule has 8 nitrogen and oxygen atoms in total. The van der Waals surface area contributed by atoms with Gasteiger partial charge < -0.3 is 11.1 Å². The van der Waals surface area contributed by atoms with E-state index >= 15 is 0 Å². The number of carbonyl (C=O) groups excluding carboxylic acids is 4. The second-order valence-electron chi connectivity index (χ2n) is 15.3. The van der Waals surface area contributed by atoms with E-state index in [9.17, 15) is 19.2 Å². The summed E-state index contributed by atoms with van der Waals surface area (Å²) >= 11 is 0. The predicted octanol–water partition coefficient (Wildman–Crippen LogP) is 9.83. The maximum atomic E-state index is 12.6. The average Bonchev–Trinajstić information content (AvgIpc) is 2.93. The number of nitrogens with zero attached hydrogens (tertiary/aromatic N) is 3. The second-order valence-corrected chi connectivity index (χ2v) is 15.3. The minimum Gasteiger partial charge on any atom is -0.698 e. The first-order valence-electron chi connectivity index (χ1n) is 15.4. The van der Waals surface area contributed by atoms with Gasteiger partial charge in [0.05, 0.1) is 0 Å². The molecule has 0 fully saturated rings. The van der Waals surface area contributed by atoms with Crippen LogP contribution in [0.4, 0.5) is 11.4 Å². The number of amides is 4. The maximum Gasteiger partial charge on any atom is 0.261 e. The number of hydrogen-bond donors (Lipinski definition) is 0. The summed E-state index contributed by atoms with van der Waals surface area (Å²) in [5, 5.41) is 7.52. The van der Waals surface area contributed by atoms with Crippen molar-refractivity contribution in [1.82, 2.24) is 9.80 Å². The van der Waals surface area contributed by atoms with Crippen molar-refractivity contribution in [3.8, 4) is 0 Å². The minimum absolute atomic E-state index is 0. The third-order valence-electron chi connectivity index (χ3n) is 7.12. The molecule has 2 aliphatic rings. The summed E-state index contributed by atoms with van der Waals surface area (Å²) in [4.78, 5) is 52.3. The Bertz CT molecular complexity index is 1860. The monoisotopic (exact) mass is 1180 g/mol. The molecule has 0 saturated carbocycles. The van der Waals surface area contributed by atoms with Crippen molar-refractivity contribution in [1.29, 1.82) is 0 Å². The van der Waals surface area contributed by atoms with E-state index in [1.54, 1.807) is 42.5 Å². The van der Waals surface area contributed by atoms with Crippen LogP contribution < -0.4 is 0 Å². The molecular weight excluding hydrogens is 1130 g/mol. The van der Waals surface area contributed by atoms with Crippen LogP contribution in [0, 0.1) is 5.41 Å². The molecule has 2 radical (unpaired) electrons. The topological polar surface area (TPSA) is 113 Å². The van der Waals surface area contributed by atoms with Crippen LogP contribution in [0.3, 0.4) is 0 Å². The van der Waals surface area contributed by atoms with Crippen molar-refractivity contribution in [3.05, 3.63) is 94.0 Å². The van der Waals surface area contributed by atoms with Gasteiger partial charge in [0.1, 0.15) is 0 Å². The summed E-state index contributed by atoms with van der Waals surface area (Å²) in [6.45, 7) is 20.3. The Hall–Kier alpha value is -4.43. The predicted molar refractivity (Wildman–Crippen MR) is 186 cm³/mol. The summed E-state index contributed by atoms with van der Waals surface area (Å²) in [6, 6.07) is 17.6. The summed E-state index contributed by atoms with van der Waals surface area (Å²) in [6.07, 6.45) is 0. The third kappa shape index (κ3) is 8.78. The first-order chi connectivity index (χ1) is 21.1. The minimum atomic E-state index is -0.576. The number of nitrogens with one attached hydrogen (secondary N) is 1. The van der Waals surface area contributed by atoms with E-state index in [4.69, 9.17) is 11.1 Å². The van der Waals surface area contributed by atoms with Gasteiger partial charge in [-0.05, 0) is 61.2 Å². The van der Waals surface area contributed by atoms with E-state index in [1.807, 2.05) is 59.7 Å². The molecule has 0 aromatic heterocycles. The second kappa shape index (κ2) is 15.0.